The third-order valence-electron chi connectivity index (χ3n) is 5.56. The van der Waals surface area contributed by atoms with E-state index in [0.717, 1.165) is 21.9 Å². The zero-order valence-electron chi connectivity index (χ0n) is 18.4. The largest absolute Gasteiger partial charge is 0.355 e. The third kappa shape index (κ3) is 5.81. The molecule has 3 rings (SSSR count). The van der Waals surface area contributed by atoms with Gasteiger partial charge < -0.3 is 10.2 Å². The Labute approximate surface area is 199 Å². The quantitative estimate of drug-likeness (QED) is 0.415. The van der Waals surface area contributed by atoms with Gasteiger partial charge in [0.25, 0.3) is 0 Å². The molecule has 0 heterocycles. The SMILES string of the molecule is CCNC(=O)[C@@H](CC)N(Cc1ccc(Cl)c(Cl)c1)C(=O)CCc1cccc2ccccc12. The molecule has 0 saturated heterocycles. The van der Waals surface area contributed by atoms with Crippen molar-refractivity contribution in [1.29, 1.82) is 0 Å². The average Bonchev–Trinajstić information content (AvgIpc) is 2.79. The van der Waals surface area contributed by atoms with Gasteiger partial charge in [0.2, 0.25) is 11.8 Å². The van der Waals surface area contributed by atoms with Crippen LogP contribution in [0.1, 0.15) is 37.8 Å². The molecule has 0 bridgehead atoms. The maximum absolute atomic E-state index is 13.4. The fourth-order valence-corrected chi connectivity index (χ4v) is 4.26. The Morgan fingerprint density at radius 1 is 0.969 bits per heavy atom. The molecule has 0 aliphatic carbocycles. The first kappa shape index (κ1) is 24.1. The molecule has 4 nitrogen and oxygen atoms in total. The molecule has 1 atom stereocenters. The van der Waals surface area contributed by atoms with Gasteiger partial charge in [-0.3, -0.25) is 9.59 Å². The van der Waals surface area contributed by atoms with Crippen LogP contribution in [0.15, 0.2) is 60.7 Å². The first-order chi connectivity index (χ1) is 15.4. The van der Waals surface area contributed by atoms with Crippen molar-refractivity contribution < 1.29 is 9.59 Å². The number of amides is 2. The van der Waals surface area contributed by atoms with Gasteiger partial charge in [-0.15, -0.1) is 0 Å². The van der Waals surface area contributed by atoms with E-state index in [1.165, 1.54) is 0 Å². The molecule has 3 aromatic carbocycles. The van der Waals surface area contributed by atoms with Crippen LogP contribution in [0, 0.1) is 0 Å². The number of hydrogen-bond acceptors (Lipinski definition) is 2. The summed E-state index contributed by atoms with van der Waals surface area (Å²) >= 11 is 12.2. The van der Waals surface area contributed by atoms with E-state index >= 15 is 0 Å². The van der Waals surface area contributed by atoms with Gasteiger partial charge in [-0.25, -0.2) is 0 Å². The number of rotatable bonds is 9. The van der Waals surface area contributed by atoms with Crippen LogP contribution in [0.4, 0.5) is 0 Å². The van der Waals surface area contributed by atoms with Gasteiger partial charge in [0, 0.05) is 19.5 Å². The molecule has 32 heavy (non-hydrogen) atoms. The van der Waals surface area contributed by atoms with Crippen molar-refractivity contribution in [2.45, 2.75) is 45.7 Å². The molecule has 0 saturated carbocycles. The topological polar surface area (TPSA) is 49.4 Å². The summed E-state index contributed by atoms with van der Waals surface area (Å²) in [5.74, 6) is -0.212. The second-order valence-corrected chi connectivity index (χ2v) is 8.54. The first-order valence-electron chi connectivity index (χ1n) is 10.9. The summed E-state index contributed by atoms with van der Waals surface area (Å²) in [5.41, 5.74) is 1.96. The van der Waals surface area contributed by atoms with Gasteiger partial charge in [-0.1, -0.05) is 78.7 Å². The predicted molar refractivity (Wildman–Crippen MR) is 132 cm³/mol. The smallest absolute Gasteiger partial charge is 0.242 e. The second kappa shape index (κ2) is 11.3. The van der Waals surface area contributed by atoms with Crippen molar-refractivity contribution in [1.82, 2.24) is 10.2 Å². The van der Waals surface area contributed by atoms with Crippen LogP contribution < -0.4 is 5.32 Å². The summed E-state index contributed by atoms with van der Waals surface area (Å²) in [7, 11) is 0. The fourth-order valence-electron chi connectivity index (χ4n) is 3.94. The van der Waals surface area contributed by atoms with Gasteiger partial charge in [-0.05, 0) is 53.8 Å². The van der Waals surface area contributed by atoms with Gasteiger partial charge in [0.15, 0.2) is 0 Å². The third-order valence-corrected chi connectivity index (χ3v) is 6.30. The van der Waals surface area contributed by atoms with Crippen LogP contribution in [0.2, 0.25) is 10.0 Å². The molecule has 0 aliphatic rings. The Kier molecular flexibility index (Phi) is 8.54. The summed E-state index contributed by atoms with van der Waals surface area (Å²) < 4.78 is 0. The number of aryl methyl sites for hydroxylation is 1. The van der Waals surface area contributed by atoms with Crippen LogP contribution in [0.25, 0.3) is 10.8 Å². The van der Waals surface area contributed by atoms with Crippen LogP contribution in [0.5, 0.6) is 0 Å². The normalized spacial score (nSPS) is 11.9. The minimum Gasteiger partial charge on any atom is -0.355 e. The standard InChI is InChI=1S/C26H28Cl2N2O2/c1-3-24(26(32)29-4-2)30(17-18-12-14-22(27)23(28)16-18)25(31)15-13-20-10-7-9-19-8-5-6-11-21(19)20/h5-12,14,16,24H,3-4,13,15,17H2,1-2H3,(H,29,32)/t24-/m1/s1. The van der Waals surface area contributed by atoms with Crippen LogP contribution in [-0.4, -0.2) is 29.3 Å². The van der Waals surface area contributed by atoms with Crippen LogP contribution in [-0.2, 0) is 22.6 Å². The van der Waals surface area contributed by atoms with Crippen molar-refractivity contribution in [2.24, 2.45) is 0 Å². The molecular formula is C26H28Cl2N2O2. The summed E-state index contributed by atoms with van der Waals surface area (Å²) in [6.07, 6.45) is 1.43. The molecule has 2 amide bonds. The lowest BCUT2D eigenvalue weighted by atomic mass is 10.00. The Bertz CT molecular complexity index is 1090. The highest BCUT2D eigenvalue weighted by atomic mass is 35.5. The lowest BCUT2D eigenvalue weighted by Crippen LogP contribution is -2.49. The van der Waals surface area contributed by atoms with Crippen molar-refractivity contribution in [2.75, 3.05) is 6.54 Å². The number of benzene rings is 3. The lowest BCUT2D eigenvalue weighted by molar-refractivity contribution is -0.141. The van der Waals surface area contributed by atoms with Crippen molar-refractivity contribution in [3.05, 3.63) is 81.8 Å². The lowest BCUT2D eigenvalue weighted by Gasteiger charge is -2.31. The predicted octanol–water partition coefficient (Wildman–Crippen LogP) is 6.02. The number of hydrogen-bond donors (Lipinski definition) is 1. The molecule has 168 valence electrons. The number of carbonyl (C=O) groups excluding carboxylic acids is 2. The van der Waals surface area contributed by atoms with E-state index in [1.54, 1.807) is 17.0 Å². The highest BCUT2D eigenvalue weighted by molar-refractivity contribution is 6.42. The van der Waals surface area contributed by atoms with Gasteiger partial charge >= 0.3 is 0 Å². The molecular weight excluding hydrogens is 443 g/mol. The van der Waals surface area contributed by atoms with Gasteiger partial charge in [-0.2, -0.15) is 0 Å². The first-order valence-corrected chi connectivity index (χ1v) is 11.7. The van der Waals surface area contributed by atoms with E-state index in [0.29, 0.717) is 42.4 Å². The van der Waals surface area contributed by atoms with Crippen molar-refractivity contribution in [3.8, 4) is 0 Å². The zero-order valence-corrected chi connectivity index (χ0v) is 19.9. The van der Waals surface area contributed by atoms with Gasteiger partial charge in [0.1, 0.15) is 6.04 Å². The Balaban J connectivity index is 1.84. The molecule has 3 aromatic rings. The minimum atomic E-state index is -0.551. The zero-order chi connectivity index (χ0) is 23.1. The van der Waals surface area contributed by atoms with E-state index in [1.807, 2.05) is 38.1 Å². The summed E-state index contributed by atoms with van der Waals surface area (Å²) in [4.78, 5) is 27.8. The van der Waals surface area contributed by atoms with Crippen LogP contribution >= 0.6 is 23.2 Å². The molecule has 0 aliphatic heterocycles. The molecule has 6 heteroatoms. The molecule has 0 unspecified atom stereocenters. The summed E-state index contributed by atoms with van der Waals surface area (Å²) in [5, 5.41) is 6.04. The molecule has 1 N–H and O–H groups in total. The highest BCUT2D eigenvalue weighted by Gasteiger charge is 2.28. The van der Waals surface area contributed by atoms with Gasteiger partial charge in [0.05, 0.1) is 10.0 Å². The van der Waals surface area contributed by atoms with Crippen molar-refractivity contribution in [3.63, 3.8) is 0 Å². The number of halogens is 2. The monoisotopic (exact) mass is 470 g/mol. The number of likely N-dealkylation sites (N-methyl/N-ethyl adjacent to an activating group) is 1. The summed E-state index contributed by atoms with van der Waals surface area (Å²) in [6.45, 7) is 4.59. The molecule has 0 radical (unpaired) electrons. The van der Waals surface area contributed by atoms with E-state index in [2.05, 4.69) is 29.6 Å². The second-order valence-electron chi connectivity index (χ2n) is 7.73. The minimum absolute atomic E-state index is 0.0675. The van der Waals surface area contributed by atoms with E-state index in [9.17, 15) is 9.59 Å². The number of nitrogens with zero attached hydrogens (tertiary/aromatic N) is 1. The van der Waals surface area contributed by atoms with Crippen LogP contribution in [0.3, 0.4) is 0 Å². The number of nitrogens with one attached hydrogen (secondary N) is 1. The molecule has 0 spiro atoms. The number of carbonyl (C=O) groups is 2. The Hall–Kier alpha value is -2.56. The number of fused-ring (bicyclic) bond motifs is 1. The van der Waals surface area contributed by atoms with E-state index in [4.69, 9.17) is 23.2 Å². The fraction of sp³-hybridized carbons (Fsp3) is 0.308. The maximum atomic E-state index is 13.4. The van der Waals surface area contributed by atoms with Crippen molar-refractivity contribution >= 4 is 45.8 Å². The summed E-state index contributed by atoms with van der Waals surface area (Å²) in [6, 6.07) is 19.0. The molecule has 0 aromatic heterocycles. The highest BCUT2D eigenvalue weighted by Crippen LogP contribution is 2.25. The Morgan fingerprint density at radius 2 is 1.72 bits per heavy atom. The Morgan fingerprint density at radius 3 is 2.44 bits per heavy atom. The average molecular weight is 471 g/mol. The van der Waals surface area contributed by atoms with E-state index < -0.39 is 6.04 Å². The molecule has 0 fully saturated rings. The van der Waals surface area contributed by atoms with E-state index in [-0.39, 0.29) is 11.8 Å². The maximum Gasteiger partial charge on any atom is 0.242 e.